The van der Waals surface area contributed by atoms with Crippen LogP contribution >= 0.6 is 0 Å². The van der Waals surface area contributed by atoms with Gasteiger partial charge in [0.25, 0.3) is 0 Å². The highest BCUT2D eigenvalue weighted by Crippen LogP contribution is 2.34. The van der Waals surface area contributed by atoms with Crippen LogP contribution in [0.25, 0.3) is 0 Å². The zero-order chi connectivity index (χ0) is 11.0. The number of fused-ring (bicyclic) bond motifs is 2. The molecule has 3 heteroatoms. The van der Waals surface area contributed by atoms with Crippen LogP contribution in [-0.2, 0) is 12.8 Å². The molecule has 0 unspecified atom stereocenters. The third-order valence-electron chi connectivity index (χ3n) is 4.25. The van der Waals surface area contributed by atoms with Crippen LogP contribution in [0.15, 0.2) is 6.20 Å². The average molecular weight is 219 g/mol. The van der Waals surface area contributed by atoms with E-state index in [0.717, 1.165) is 12.0 Å². The number of likely N-dealkylation sites (tertiary alicyclic amines) is 1. The van der Waals surface area contributed by atoms with Crippen molar-refractivity contribution in [2.45, 2.75) is 45.1 Å². The first-order chi connectivity index (χ1) is 7.88. The SMILES string of the molecule is CCCN1CCC[C@H]2Cc3[nH]ncc3C[C@@H]21. The third-order valence-corrected chi connectivity index (χ3v) is 4.25. The number of piperidine rings is 1. The normalized spacial score (nSPS) is 29.8. The summed E-state index contributed by atoms with van der Waals surface area (Å²) in [5, 5.41) is 7.36. The monoisotopic (exact) mass is 219 g/mol. The highest BCUT2D eigenvalue weighted by Gasteiger charge is 2.35. The summed E-state index contributed by atoms with van der Waals surface area (Å²) in [4.78, 5) is 2.71. The summed E-state index contributed by atoms with van der Waals surface area (Å²) in [7, 11) is 0. The lowest BCUT2D eigenvalue weighted by molar-refractivity contribution is 0.0850. The molecule has 0 spiro atoms. The standard InChI is InChI=1S/C13H21N3/c1-2-5-16-6-3-4-10-7-12-11(8-13(10)16)9-14-15-12/h9-10,13H,2-8H2,1H3,(H,14,15)/t10-,13-/m0/s1. The molecule has 2 aliphatic rings. The molecule has 88 valence electrons. The Balaban J connectivity index is 1.81. The number of nitrogens with one attached hydrogen (secondary N) is 1. The molecule has 3 rings (SSSR count). The number of aromatic amines is 1. The number of hydrogen-bond acceptors (Lipinski definition) is 2. The highest BCUT2D eigenvalue weighted by atomic mass is 15.2. The van der Waals surface area contributed by atoms with Crippen LogP contribution in [0.3, 0.4) is 0 Å². The van der Waals surface area contributed by atoms with Gasteiger partial charge in [0.15, 0.2) is 0 Å². The van der Waals surface area contributed by atoms with Gasteiger partial charge in [0.05, 0.1) is 6.20 Å². The second-order valence-electron chi connectivity index (χ2n) is 5.29. The first-order valence-corrected chi connectivity index (χ1v) is 6.63. The van der Waals surface area contributed by atoms with E-state index in [2.05, 4.69) is 22.0 Å². The van der Waals surface area contributed by atoms with Crippen LogP contribution in [0.1, 0.15) is 37.4 Å². The minimum absolute atomic E-state index is 0.791. The summed E-state index contributed by atoms with van der Waals surface area (Å²) < 4.78 is 0. The molecule has 1 aromatic rings. The largest absolute Gasteiger partial charge is 0.300 e. The van der Waals surface area contributed by atoms with Gasteiger partial charge in [0, 0.05) is 11.7 Å². The van der Waals surface area contributed by atoms with Crippen LogP contribution in [0.2, 0.25) is 0 Å². The van der Waals surface area contributed by atoms with E-state index in [4.69, 9.17) is 0 Å². The molecule has 2 heterocycles. The second kappa shape index (κ2) is 4.21. The first-order valence-electron chi connectivity index (χ1n) is 6.63. The summed E-state index contributed by atoms with van der Waals surface area (Å²) in [5.41, 5.74) is 2.86. The molecule has 16 heavy (non-hydrogen) atoms. The molecule has 0 radical (unpaired) electrons. The van der Waals surface area contributed by atoms with Crippen molar-refractivity contribution in [3.05, 3.63) is 17.5 Å². The van der Waals surface area contributed by atoms with Crippen molar-refractivity contribution >= 4 is 0 Å². The Morgan fingerprint density at radius 3 is 3.31 bits per heavy atom. The summed E-state index contributed by atoms with van der Waals surface area (Å²) in [5.74, 6) is 0.869. The van der Waals surface area contributed by atoms with Crippen molar-refractivity contribution in [3.63, 3.8) is 0 Å². The van der Waals surface area contributed by atoms with E-state index in [9.17, 15) is 0 Å². The van der Waals surface area contributed by atoms with Crippen LogP contribution in [-0.4, -0.2) is 34.2 Å². The minimum Gasteiger partial charge on any atom is -0.300 e. The molecule has 1 aliphatic heterocycles. The Labute approximate surface area is 97.2 Å². The molecule has 3 nitrogen and oxygen atoms in total. The van der Waals surface area contributed by atoms with Crippen molar-refractivity contribution in [2.24, 2.45) is 5.92 Å². The zero-order valence-corrected chi connectivity index (χ0v) is 10.1. The molecule has 0 amide bonds. The minimum atomic E-state index is 0.791. The maximum absolute atomic E-state index is 4.19. The van der Waals surface area contributed by atoms with Crippen molar-refractivity contribution in [1.29, 1.82) is 0 Å². The summed E-state index contributed by atoms with van der Waals surface area (Å²) in [6, 6.07) is 0.791. The van der Waals surface area contributed by atoms with Gasteiger partial charge in [-0.15, -0.1) is 0 Å². The summed E-state index contributed by atoms with van der Waals surface area (Å²) >= 11 is 0. The van der Waals surface area contributed by atoms with Crippen molar-refractivity contribution in [1.82, 2.24) is 15.1 Å². The Bertz CT molecular complexity index is 356. The van der Waals surface area contributed by atoms with Crippen LogP contribution in [0, 0.1) is 5.92 Å². The smallest absolute Gasteiger partial charge is 0.0522 e. The number of rotatable bonds is 2. The van der Waals surface area contributed by atoms with Crippen molar-refractivity contribution in [2.75, 3.05) is 13.1 Å². The van der Waals surface area contributed by atoms with Gasteiger partial charge in [0.2, 0.25) is 0 Å². The third kappa shape index (κ3) is 1.67. The fourth-order valence-corrected chi connectivity index (χ4v) is 3.49. The summed E-state index contributed by atoms with van der Waals surface area (Å²) in [6.07, 6.45) is 8.54. The van der Waals surface area contributed by atoms with Gasteiger partial charge in [-0.25, -0.2) is 0 Å². The van der Waals surface area contributed by atoms with Gasteiger partial charge < -0.3 is 0 Å². The molecule has 1 aromatic heterocycles. The van der Waals surface area contributed by atoms with Gasteiger partial charge in [-0.1, -0.05) is 6.92 Å². The zero-order valence-electron chi connectivity index (χ0n) is 10.1. The number of aromatic nitrogens is 2. The molecule has 0 aromatic carbocycles. The van der Waals surface area contributed by atoms with Gasteiger partial charge >= 0.3 is 0 Å². The van der Waals surface area contributed by atoms with Gasteiger partial charge in [-0.3, -0.25) is 10.00 Å². The van der Waals surface area contributed by atoms with E-state index in [1.807, 2.05) is 6.20 Å². The maximum Gasteiger partial charge on any atom is 0.0522 e. The Kier molecular flexibility index (Phi) is 2.72. The Morgan fingerprint density at radius 1 is 1.50 bits per heavy atom. The number of nitrogens with zero attached hydrogens (tertiary/aromatic N) is 2. The molecule has 0 bridgehead atoms. The molecule has 1 fully saturated rings. The topological polar surface area (TPSA) is 31.9 Å². The van der Waals surface area contributed by atoms with E-state index >= 15 is 0 Å². The van der Waals surface area contributed by atoms with E-state index in [1.54, 1.807) is 0 Å². The van der Waals surface area contributed by atoms with E-state index < -0.39 is 0 Å². The number of H-pyrrole nitrogens is 1. The average Bonchev–Trinajstić information content (AvgIpc) is 2.74. The van der Waals surface area contributed by atoms with Gasteiger partial charge in [-0.05, 0) is 56.7 Å². The molecular formula is C13H21N3. The Morgan fingerprint density at radius 2 is 2.44 bits per heavy atom. The predicted octanol–water partition coefficient (Wildman–Crippen LogP) is 2.00. The van der Waals surface area contributed by atoms with E-state index in [1.165, 1.54) is 56.5 Å². The van der Waals surface area contributed by atoms with Gasteiger partial charge in [-0.2, -0.15) is 5.10 Å². The predicted molar refractivity (Wildman–Crippen MR) is 64.4 cm³/mol. The lowest BCUT2D eigenvalue weighted by Crippen LogP contribution is -2.49. The highest BCUT2D eigenvalue weighted by molar-refractivity contribution is 5.23. The lowest BCUT2D eigenvalue weighted by atomic mass is 9.77. The Hall–Kier alpha value is -0.830. The molecular weight excluding hydrogens is 198 g/mol. The molecule has 1 saturated heterocycles. The van der Waals surface area contributed by atoms with Crippen LogP contribution in [0.5, 0.6) is 0 Å². The number of hydrogen-bond donors (Lipinski definition) is 1. The molecule has 2 atom stereocenters. The molecule has 1 aliphatic carbocycles. The lowest BCUT2D eigenvalue weighted by Gasteiger charge is -2.43. The fraction of sp³-hybridized carbons (Fsp3) is 0.769. The first kappa shape index (κ1) is 10.3. The maximum atomic E-state index is 4.19. The second-order valence-corrected chi connectivity index (χ2v) is 5.29. The summed E-state index contributed by atoms with van der Waals surface area (Å²) in [6.45, 7) is 4.87. The quantitative estimate of drug-likeness (QED) is 0.825. The molecule has 0 saturated carbocycles. The van der Waals surface area contributed by atoms with E-state index in [-0.39, 0.29) is 0 Å². The van der Waals surface area contributed by atoms with Crippen molar-refractivity contribution in [3.8, 4) is 0 Å². The fourth-order valence-electron chi connectivity index (χ4n) is 3.49. The van der Waals surface area contributed by atoms with Gasteiger partial charge in [0.1, 0.15) is 0 Å². The van der Waals surface area contributed by atoms with Crippen LogP contribution < -0.4 is 0 Å². The van der Waals surface area contributed by atoms with Crippen LogP contribution in [0.4, 0.5) is 0 Å². The van der Waals surface area contributed by atoms with Crippen molar-refractivity contribution < 1.29 is 0 Å². The molecule has 1 N–H and O–H groups in total. The van der Waals surface area contributed by atoms with E-state index in [0.29, 0.717) is 0 Å².